The number of rotatable bonds is 2. The number of hydrogen-bond donors (Lipinski definition) is 1. The lowest BCUT2D eigenvalue weighted by atomic mass is 10.4. The lowest BCUT2D eigenvalue weighted by Gasteiger charge is -1.92. The van der Waals surface area contributed by atoms with Crippen molar-refractivity contribution in [2.24, 2.45) is 0 Å². The molecule has 3 heterocycles. The highest BCUT2D eigenvalue weighted by molar-refractivity contribution is 7.15. The Kier molecular flexibility index (Phi) is 1.96. The summed E-state index contributed by atoms with van der Waals surface area (Å²) in [6.45, 7) is 0. The molecule has 6 heteroatoms. The standard InChI is InChI=1S/C9H8N4S2/c1-10-8-12-6(5-15-8)7-4-11-9-13(7)2-3-14-9/h2-5H,1H3,(H,10,12). The van der Waals surface area contributed by atoms with Crippen molar-refractivity contribution in [2.75, 3.05) is 12.4 Å². The first-order valence-corrected chi connectivity index (χ1v) is 6.18. The van der Waals surface area contributed by atoms with Gasteiger partial charge in [-0.2, -0.15) is 0 Å². The second-order valence-electron chi connectivity index (χ2n) is 2.99. The Balaban J connectivity index is 2.17. The maximum atomic E-state index is 4.45. The molecular formula is C9H8N4S2. The molecule has 0 bridgehead atoms. The van der Waals surface area contributed by atoms with Gasteiger partial charge >= 0.3 is 0 Å². The van der Waals surface area contributed by atoms with Gasteiger partial charge in [-0.3, -0.25) is 4.40 Å². The van der Waals surface area contributed by atoms with Gasteiger partial charge in [0, 0.05) is 24.0 Å². The van der Waals surface area contributed by atoms with E-state index in [4.69, 9.17) is 0 Å². The fourth-order valence-corrected chi connectivity index (χ4v) is 2.78. The summed E-state index contributed by atoms with van der Waals surface area (Å²) in [5, 5.41) is 8.02. The normalized spacial score (nSPS) is 11.0. The topological polar surface area (TPSA) is 42.2 Å². The molecule has 0 atom stereocenters. The molecule has 3 aromatic rings. The summed E-state index contributed by atoms with van der Waals surface area (Å²) in [5.74, 6) is 0. The van der Waals surface area contributed by atoms with Crippen LogP contribution in [0.25, 0.3) is 16.3 Å². The average molecular weight is 236 g/mol. The first-order chi connectivity index (χ1) is 7.38. The van der Waals surface area contributed by atoms with Crippen LogP contribution in [-0.2, 0) is 0 Å². The molecule has 0 saturated heterocycles. The molecule has 0 aromatic carbocycles. The molecule has 0 spiro atoms. The molecule has 0 saturated carbocycles. The van der Waals surface area contributed by atoms with E-state index in [-0.39, 0.29) is 0 Å². The number of nitrogens with one attached hydrogen (secondary N) is 1. The van der Waals surface area contributed by atoms with Gasteiger partial charge in [0.25, 0.3) is 0 Å². The zero-order valence-corrected chi connectivity index (χ0v) is 9.60. The SMILES string of the molecule is CNc1nc(-c2cnc3sccn23)cs1. The number of nitrogens with zero attached hydrogens (tertiary/aromatic N) is 3. The first kappa shape index (κ1) is 8.87. The molecule has 0 unspecified atom stereocenters. The first-order valence-electron chi connectivity index (χ1n) is 4.42. The van der Waals surface area contributed by atoms with Crippen LogP contribution in [0.2, 0.25) is 0 Å². The molecule has 0 aliphatic carbocycles. The van der Waals surface area contributed by atoms with Crippen LogP contribution in [0.1, 0.15) is 0 Å². The molecule has 76 valence electrons. The number of hydrogen-bond acceptors (Lipinski definition) is 5. The number of aromatic nitrogens is 3. The van der Waals surface area contributed by atoms with Gasteiger partial charge in [-0.05, 0) is 0 Å². The fraction of sp³-hybridized carbons (Fsp3) is 0.111. The Labute approximate surface area is 94.2 Å². The van der Waals surface area contributed by atoms with Crippen LogP contribution >= 0.6 is 22.7 Å². The zero-order chi connectivity index (χ0) is 10.3. The second kappa shape index (κ2) is 3.32. The molecule has 3 aromatic heterocycles. The third kappa shape index (κ3) is 1.33. The molecule has 0 aliphatic heterocycles. The van der Waals surface area contributed by atoms with Crippen molar-refractivity contribution < 1.29 is 0 Å². The number of anilines is 1. The average Bonchev–Trinajstić information content (AvgIpc) is 2.92. The summed E-state index contributed by atoms with van der Waals surface area (Å²) < 4.78 is 2.05. The van der Waals surface area contributed by atoms with E-state index in [2.05, 4.69) is 19.7 Å². The monoisotopic (exact) mass is 236 g/mol. The van der Waals surface area contributed by atoms with Gasteiger partial charge in [-0.1, -0.05) is 0 Å². The molecule has 0 radical (unpaired) electrons. The van der Waals surface area contributed by atoms with Crippen molar-refractivity contribution in [1.29, 1.82) is 0 Å². The van der Waals surface area contributed by atoms with Crippen molar-refractivity contribution in [3.05, 3.63) is 23.2 Å². The Hall–Kier alpha value is -1.40. The van der Waals surface area contributed by atoms with Crippen molar-refractivity contribution >= 4 is 32.8 Å². The fourth-order valence-electron chi connectivity index (χ4n) is 1.42. The van der Waals surface area contributed by atoms with E-state index in [0.29, 0.717) is 0 Å². The number of fused-ring (bicyclic) bond motifs is 1. The third-order valence-electron chi connectivity index (χ3n) is 2.13. The predicted molar refractivity (Wildman–Crippen MR) is 63.7 cm³/mol. The summed E-state index contributed by atoms with van der Waals surface area (Å²) >= 11 is 3.23. The Morgan fingerprint density at radius 2 is 2.33 bits per heavy atom. The highest BCUT2D eigenvalue weighted by Crippen LogP contribution is 2.26. The van der Waals surface area contributed by atoms with E-state index in [0.717, 1.165) is 21.5 Å². The van der Waals surface area contributed by atoms with Crippen LogP contribution in [0, 0.1) is 0 Å². The van der Waals surface area contributed by atoms with Crippen molar-refractivity contribution in [3.8, 4) is 11.4 Å². The van der Waals surface area contributed by atoms with Gasteiger partial charge in [0.2, 0.25) is 0 Å². The summed E-state index contributed by atoms with van der Waals surface area (Å²) in [7, 11) is 1.87. The summed E-state index contributed by atoms with van der Waals surface area (Å²) in [6.07, 6.45) is 3.88. The van der Waals surface area contributed by atoms with E-state index in [1.165, 1.54) is 0 Å². The van der Waals surface area contributed by atoms with Crippen molar-refractivity contribution in [3.63, 3.8) is 0 Å². The van der Waals surface area contributed by atoms with E-state index in [9.17, 15) is 0 Å². The molecular weight excluding hydrogens is 228 g/mol. The maximum absolute atomic E-state index is 4.45. The minimum absolute atomic E-state index is 0.926. The molecule has 0 fully saturated rings. The summed E-state index contributed by atoms with van der Waals surface area (Å²) in [6, 6.07) is 0. The summed E-state index contributed by atoms with van der Waals surface area (Å²) in [4.78, 5) is 9.77. The largest absolute Gasteiger partial charge is 0.365 e. The maximum Gasteiger partial charge on any atom is 0.194 e. The van der Waals surface area contributed by atoms with Gasteiger partial charge in [0.1, 0.15) is 5.69 Å². The van der Waals surface area contributed by atoms with Crippen LogP contribution in [0.15, 0.2) is 23.2 Å². The van der Waals surface area contributed by atoms with E-state index < -0.39 is 0 Å². The highest BCUT2D eigenvalue weighted by Gasteiger charge is 2.09. The van der Waals surface area contributed by atoms with Gasteiger partial charge in [-0.15, -0.1) is 22.7 Å². The van der Waals surface area contributed by atoms with Crippen LogP contribution in [0.4, 0.5) is 5.13 Å². The Bertz CT molecular complexity index is 592. The minimum atomic E-state index is 0.926. The second-order valence-corrected chi connectivity index (χ2v) is 4.72. The summed E-state index contributed by atoms with van der Waals surface area (Å²) in [5.41, 5.74) is 2.01. The van der Waals surface area contributed by atoms with Crippen LogP contribution < -0.4 is 5.32 Å². The molecule has 15 heavy (non-hydrogen) atoms. The van der Waals surface area contributed by atoms with Gasteiger partial charge in [0.15, 0.2) is 10.1 Å². The van der Waals surface area contributed by atoms with Gasteiger partial charge in [0.05, 0.1) is 11.9 Å². The van der Waals surface area contributed by atoms with Crippen LogP contribution in [0.5, 0.6) is 0 Å². The van der Waals surface area contributed by atoms with E-state index in [1.807, 2.05) is 30.2 Å². The quantitative estimate of drug-likeness (QED) is 0.743. The van der Waals surface area contributed by atoms with Crippen LogP contribution in [0.3, 0.4) is 0 Å². The molecule has 3 rings (SSSR count). The lowest BCUT2D eigenvalue weighted by molar-refractivity contribution is 1.21. The smallest absolute Gasteiger partial charge is 0.194 e. The number of imidazole rings is 1. The van der Waals surface area contributed by atoms with Crippen molar-refractivity contribution in [2.45, 2.75) is 0 Å². The Morgan fingerprint density at radius 3 is 3.13 bits per heavy atom. The predicted octanol–water partition coefficient (Wildman–Crippen LogP) is 2.56. The molecule has 0 amide bonds. The highest BCUT2D eigenvalue weighted by atomic mass is 32.1. The van der Waals surface area contributed by atoms with Gasteiger partial charge in [-0.25, -0.2) is 9.97 Å². The Morgan fingerprint density at radius 1 is 1.40 bits per heavy atom. The minimum Gasteiger partial charge on any atom is -0.365 e. The molecule has 4 nitrogen and oxygen atoms in total. The zero-order valence-electron chi connectivity index (χ0n) is 7.97. The van der Waals surface area contributed by atoms with E-state index in [1.54, 1.807) is 22.7 Å². The number of thiazole rings is 2. The van der Waals surface area contributed by atoms with E-state index >= 15 is 0 Å². The van der Waals surface area contributed by atoms with Crippen molar-refractivity contribution in [1.82, 2.24) is 14.4 Å². The third-order valence-corrected chi connectivity index (χ3v) is 3.76. The molecule has 1 N–H and O–H groups in total. The lowest BCUT2D eigenvalue weighted by Crippen LogP contribution is -1.87. The molecule has 0 aliphatic rings. The van der Waals surface area contributed by atoms with Gasteiger partial charge < -0.3 is 5.32 Å². The van der Waals surface area contributed by atoms with Crippen LogP contribution in [-0.4, -0.2) is 21.4 Å².